The zero-order chi connectivity index (χ0) is 17.1. The first-order valence-electron chi connectivity index (χ1n) is 8.80. The number of amides is 1. The number of nitrogens with one attached hydrogen (secondary N) is 2. The second kappa shape index (κ2) is 6.93. The summed E-state index contributed by atoms with van der Waals surface area (Å²) in [5.41, 5.74) is 8.50. The summed E-state index contributed by atoms with van der Waals surface area (Å²) in [7, 11) is 0. The molecule has 0 unspecified atom stereocenters. The summed E-state index contributed by atoms with van der Waals surface area (Å²) in [4.78, 5) is 15.4. The molecule has 1 aliphatic rings. The number of hydrogen-bond acceptors (Lipinski definition) is 2. The van der Waals surface area contributed by atoms with Crippen molar-refractivity contribution in [2.75, 3.05) is 0 Å². The van der Waals surface area contributed by atoms with Crippen LogP contribution in [0.2, 0.25) is 0 Å². The van der Waals surface area contributed by atoms with Gasteiger partial charge in [-0.15, -0.1) is 0 Å². The molecule has 0 atom stereocenters. The smallest absolute Gasteiger partial charge is 0.240 e. The first kappa shape index (κ1) is 15.6. The average molecular weight is 331 g/mol. The van der Waals surface area contributed by atoms with Gasteiger partial charge in [0.05, 0.1) is 5.71 Å². The third-order valence-corrected chi connectivity index (χ3v) is 4.80. The monoisotopic (exact) mass is 331 g/mol. The Morgan fingerprint density at radius 2 is 1.92 bits per heavy atom. The first-order chi connectivity index (χ1) is 12.3. The van der Waals surface area contributed by atoms with Gasteiger partial charge >= 0.3 is 0 Å². The summed E-state index contributed by atoms with van der Waals surface area (Å²) >= 11 is 0. The van der Waals surface area contributed by atoms with E-state index in [-0.39, 0.29) is 5.91 Å². The van der Waals surface area contributed by atoms with E-state index in [9.17, 15) is 4.79 Å². The molecule has 0 spiro atoms. The summed E-state index contributed by atoms with van der Waals surface area (Å²) in [6.45, 7) is 0. The number of benzene rings is 2. The van der Waals surface area contributed by atoms with E-state index in [0.29, 0.717) is 12.8 Å². The van der Waals surface area contributed by atoms with Crippen LogP contribution in [0.4, 0.5) is 0 Å². The van der Waals surface area contributed by atoms with E-state index in [4.69, 9.17) is 0 Å². The molecule has 1 aliphatic carbocycles. The number of hydrazone groups is 1. The molecule has 0 saturated carbocycles. The number of aryl methyl sites for hydroxylation is 2. The van der Waals surface area contributed by atoms with Crippen molar-refractivity contribution < 1.29 is 4.79 Å². The number of para-hydroxylation sites is 1. The molecule has 4 nitrogen and oxygen atoms in total. The highest BCUT2D eigenvalue weighted by molar-refractivity contribution is 6.03. The van der Waals surface area contributed by atoms with Crippen molar-refractivity contribution in [1.82, 2.24) is 10.4 Å². The van der Waals surface area contributed by atoms with Crippen LogP contribution in [0, 0.1) is 0 Å². The Hall–Kier alpha value is -2.88. The molecule has 2 aromatic carbocycles. The Kier molecular flexibility index (Phi) is 4.34. The number of carbonyl (C=O) groups is 1. The summed E-state index contributed by atoms with van der Waals surface area (Å²) in [5.74, 6) is -0.0409. The van der Waals surface area contributed by atoms with Crippen LogP contribution in [-0.2, 0) is 17.6 Å². The van der Waals surface area contributed by atoms with Gasteiger partial charge in [-0.05, 0) is 42.9 Å². The van der Waals surface area contributed by atoms with E-state index < -0.39 is 0 Å². The van der Waals surface area contributed by atoms with Gasteiger partial charge in [0.1, 0.15) is 0 Å². The predicted octanol–water partition coefficient (Wildman–Crippen LogP) is 3.96. The molecule has 1 amide bonds. The molecule has 4 heteroatoms. The number of fused-ring (bicyclic) bond motifs is 2. The van der Waals surface area contributed by atoms with Gasteiger partial charge in [-0.2, -0.15) is 5.10 Å². The van der Waals surface area contributed by atoms with Gasteiger partial charge in [-0.25, -0.2) is 5.43 Å². The second-order valence-corrected chi connectivity index (χ2v) is 6.46. The van der Waals surface area contributed by atoms with Crippen molar-refractivity contribution in [2.45, 2.75) is 32.1 Å². The van der Waals surface area contributed by atoms with Crippen LogP contribution in [0.1, 0.15) is 36.0 Å². The Labute approximate surface area is 147 Å². The fourth-order valence-electron chi connectivity index (χ4n) is 3.49. The minimum Gasteiger partial charge on any atom is -0.361 e. The normalized spacial score (nSPS) is 15.3. The number of rotatable bonds is 4. The number of hydrogen-bond donors (Lipinski definition) is 2. The molecule has 0 fully saturated rings. The standard InChI is InChI=1S/C21H21N3O/c25-21(13-12-16-14-22-19-10-4-3-9-18(16)19)24-23-20-11-5-7-15-6-1-2-8-17(15)20/h1-4,6,8-10,14,22H,5,7,11-13H2,(H,24,25)/b23-20+. The maximum atomic E-state index is 12.2. The highest BCUT2D eigenvalue weighted by Crippen LogP contribution is 2.21. The molecular weight excluding hydrogens is 310 g/mol. The van der Waals surface area contributed by atoms with Crippen molar-refractivity contribution in [3.8, 4) is 0 Å². The Morgan fingerprint density at radius 1 is 1.08 bits per heavy atom. The van der Waals surface area contributed by atoms with E-state index in [2.05, 4.69) is 39.8 Å². The lowest BCUT2D eigenvalue weighted by atomic mass is 9.90. The number of aromatic amines is 1. The van der Waals surface area contributed by atoms with Gasteiger partial charge in [-0.3, -0.25) is 4.79 Å². The molecule has 0 aliphatic heterocycles. The van der Waals surface area contributed by atoms with Gasteiger partial charge in [-0.1, -0.05) is 42.5 Å². The highest BCUT2D eigenvalue weighted by atomic mass is 16.2. The van der Waals surface area contributed by atoms with Gasteiger partial charge in [0, 0.05) is 29.1 Å². The topological polar surface area (TPSA) is 57.2 Å². The second-order valence-electron chi connectivity index (χ2n) is 6.46. The molecule has 0 radical (unpaired) electrons. The summed E-state index contributed by atoms with van der Waals surface area (Å²) in [5, 5.41) is 5.58. The SMILES string of the molecule is O=C(CCc1c[nH]c2ccccc12)N/N=C1\CCCc2ccccc21. The van der Waals surface area contributed by atoms with Crippen LogP contribution in [-0.4, -0.2) is 16.6 Å². The molecule has 2 N–H and O–H groups in total. The van der Waals surface area contributed by atoms with E-state index in [1.165, 1.54) is 22.1 Å². The lowest BCUT2D eigenvalue weighted by Gasteiger charge is -2.17. The zero-order valence-corrected chi connectivity index (χ0v) is 14.1. The first-order valence-corrected chi connectivity index (χ1v) is 8.80. The lowest BCUT2D eigenvalue weighted by Crippen LogP contribution is -2.22. The number of aromatic nitrogens is 1. The van der Waals surface area contributed by atoms with Crippen molar-refractivity contribution in [3.63, 3.8) is 0 Å². The van der Waals surface area contributed by atoms with Gasteiger partial charge in [0.25, 0.3) is 0 Å². The Morgan fingerprint density at radius 3 is 2.88 bits per heavy atom. The van der Waals surface area contributed by atoms with Crippen LogP contribution in [0.15, 0.2) is 59.8 Å². The van der Waals surface area contributed by atoms with Crippen molar-refractivity contribution in [2.24, 2.45) is 5.10 Å². The van der Waals surface area contributed by atoms with E-state index in [1.807, 2.05) is 30.5 Å². The third kappa shape index (κ3) is 3.33. The predicted molar refractivity (Wildman–Crippen MR) is 101 cm³/mol. The molecule has 1 heterocycles. The van der Waals surface area contributed by atoms with E-state index >= 15 is 0 Å². The maximum absolute atomic E-state index is 12.2. The Bertz CT molecular complexity index is 939. The fraction of sp³-hybridized carbons (Fsp3) is 0.238. The van der Waals surface area contributed by atoms with Gasteiger partial charge in [0.2, 0.25) is 5.91 Å². The van der Waals surface area contributed by atoms with Crippen LogP contribution >= 0.6 is 0 Å². The molecule has 126 valence electrons. The van der Waals surface area contributed by atoms with Crippen LogP contribution < -0.4 is 5.43 Å². The lowest BCUT2D eigenvalue weighted by molar-refractivity contribution is -0.121. The summed E-state index contributed by atoms with van der Waals surface area (Å²) in [6.07, 6.45) is 6.21. The zero-order valence-electron chi connectivity index (χ0n) is 14.1. The molecule has 0 bridgehead atoms. The van der Waals surface area contributed by atoms with Crippen LogP contribution in [0.5, 0.6) is 0 Å². The number of nitrogens with zero attached hydrogens (tertiary/aromatic N) is 1. The van der Waals surface area contributed by atoms with Crippen molar-refractivity contribution >= 4 is 22.5 Å². The highest BCUT2D eigenvalue weighted by Gasteiger charge is 2.15. The average Bonchev–Trinajstić information content (AvgIpc) is 3.08. The van der Waals surface area contributed by atoms with Gasteiger partial charge < -0.3 is 4.98 Å². The van der Waals surface area contributed by atoms with E-state index in [0.717, 1.165) is 30.5 Å². The van der Waals surface area contributed by atoms with Gasteiger partial charge in [0.15, 0.2) is 0 Å². The maximum Gasteiger partial charge on any atom is 0.240 e. The Balaban J connectivity index is 1.40. The third-order valence-electron chi connectivity index (χ3n) is 4.80. The van der Waals surface area contributed by atoms with Crippen LogP contribution in [0.3, 0.4) is 0 Å². The quantitative estimate of drug-likeness (QED) is 0.699. The molecular formula is C21H21N3O. The largest absolute Gasteiger partial charge is 0.361 e. The molecule has 4 rings (SSSR count). The molecule has 25 heavy (non-hydrogen) atoms. The number of H-pyrrole nitrogens is 1. The molecule has 0 saturated heterocycles. The number of carbonyl (C=O) groups excluding carboxylic acids is 1. The van der Waals surface area contributed by atoms with Crippen molar-refractivity contribution in [3.05, 3.63) is 71.4 Å². The minimum atomic E-state index is -0.0409. The molecule has 3 aromatic rings. The van der Waals surface area contributed by atoms with Crippen LogP contribution in [0.25, 0.3) is 10.9 Å². The fourth-order valence-corrected chi connectivity index (χ4v) is 3.49. The van der Waals surface area contributed by atoms with Crippen molar-refractivity contribution in [1.29, 1.82) is 0 Å². The van der Waals surface area contributed by atoms with E-state index in [1.54, 1.807) is 0 Å². The molecule has 1 aromatic heterocycles. The summed E-state index contributed by atoms with van der Waals surface area (Å²) in [6, 6.07) is 16.5. The summed E-state index contributed by atoms with van der Waals surface area (Å²) < 4.78 is 0. The minimum absolute atomic E-state index is 0.0409.